The Hall–Kier alpha value is -1.35. The van der Waals surface area contributed by atoms with Crippen molar-refractivity contribution in [1.29, 1.82) is 0 Å². The molecule has 0 amide bonds. The number of thiazole rings is 1. The van der Waals surface area contributed by atoms with Gasteiger partial charge in [0.2, 0.25) is 0 Å². The molecule has 0 unspecified atom stereocenters. The Morgan fingerprint density at radius 2 is 1.71 bits per heavy atom. The molecule has 0 aliphatic rings. The largest absolute Gasteiger partial charge is 0.389 e. The Morgan fingerprint density at radius 1 is 1.12 bits per heavy atom. The van der Waals surface area contributed by atoms with Crippen LogP contribution in [-0.2, 0) is 0 Å². The maximum absolute atomic E-state index is 6.07. The zero-order valence-corrected chi connectivity index (χ0v) is 11.6. The maximum Gasteiger partial charge on any atom is 0.114 e. The summed E-state index contributed by atoms with van der Waals surface area (Å²) in [6.45, 7) is 8.48. The lowest BCUT2D eigenvalue weighted by molar-refractivity contribution is 0.853. The number of benzene rings is 1. The first-order chi connectivity index (χ1) is 7.97. The molecule has 2 rings (SSSR count). The second kappa shape index (κ2) is 4.49. The van der Waals surface area contributed by atoms with Crippen LogP contribution >= 0.6 is 11.3 Å². The lowest BCUT2D eigenvalue weighted by Crippen LogP contribution is -1.89. The first-order valence-corrected chi connectivity index (χ1v) is 6.64. The van der Waals surface area contributed by atoms with Gasteiger partial charge in [-0.2, -0.15) is 0 Å². The highest BCUT2D eigenvalue weighted by molar-refractivity contribution is 7.16. The van der Waals surface area contributed by atoms with Gasteiger partial charge in [-0.3, -0.25) is 0 Å². The molecule has 0 bridgehead atoms. The fourth-order valence-electron chi connectivity index (χ4n) is 1.91. The summed E-state index contributed by atoms with van der Waals surface area (Å²) in [5.41, 5.74) is 10.6. The second-order valence-electron chi connectivity index (χ2n) is 4.80. The van der Waals surface area contributed by atoms with Crippen LogP contribution < -0.4 is 5.73 Å². The molecule has 17 heavy (non-hydrogen) atoms. The predicted molar refractivity (Wildman–Crippen MR) is 75.5 cm³/mol. The molecule has 2 N–H and O–H groups in total. The van der Waals surface area contributed by atoms with Crippen molar-refractivity contribution in [3.05, 3.63) is 34.3 Å². The third-order valence-corrected chi connectivity index (χ3v) is 3.84. The fraction of sp³-hybridized carbons (Fsp3) is 0.357. The molecule has 1 aromatic heterocycles. The summed E-state index contributed by atoms with van der Waals surface area (Å²) in [5, 5.41) is 1.93. The third-order valence-electron chi connectivity index (χ3n) is 2.66. The SMILES string of the molecule is Cc1cc(C)cc(-c2nc(C(C)C)sc2N)c1. The van der Waals surface area contributed by atoms with Crippen molar-refractivity contribution in [3.63, 3.8) is 0 Å². The average Bonchev–Trinajstić information content (AvgIpc) is 2.59. The lowest BCUT2D eigenvalue weighted by atomic mass is 10.1. The van der Waals surface area contributed by atoms with E-state index >= 15 is 0 Å². The number of hydrogen-bond donors (Lipinski definition) is 1. The zero-order valence-electron chi connectivity index (χ0n) is 10.7. The minimum absolute atomic E-state index is 0.432. The fourth-order valence-corrected chi connectivity index (χ4v) is 2.77. The van der Waals surface area contributed by atoms with Crippen LogP contribution in [0.15, 0.2) is 18.2 Å². The zero-order chi connectivity index (χ0) is 12.6. The molecule has 1 heterocycles. The minimum Gasteiger partial charge on any atom is -0.389 e. The van der Waals surface area contributed by atoms with E-state index in [4.69, 9.17) is 5.73 Å². The Balaban J connectivity index is 2.52. The Kier molecular flexibility index (Phi) is 3.20. The van der Waals surface area contributed by atoms with Crippen molar-refractivity contribution in [2.24, 2.45) is 0 Å². The van der Waals surface area contributed by atoms with Crippen LogP contribution in [0.5, 0.6) is 0 Å². The van der Waals surface area contributed by atoms with Crippen LogP contribution in [0.3, 0.4) is 0 Å². The van der Waals surface area contributed by atoms with Crippen molar-refractivity contribution in [2.75, 3.05) is 5.73 Å². The number of aromatic nitrogens is 1. The van der Waals surface area contributed by atoms with Gasteiger partial charge in [0.25, 0.3) is 0 Å². The van der Waals surface area contributed by atoms with Crippen LogP contribution in [0, 0.1) is 13.8 Å². The van der Waals surface area contributed by atoms with Crippen LogP contribution in [0.1, 0.15) is 35.9 Å². The molecule has 2 aromatic rings. The highest BCUT2D eigenvalue weighted by Crippen LogP contribution is 2.34. The first-order valence-electron chi connectivity index (χ1n) is 5.82. The van der Waals surface area contributed by atoms with E-state index in [2.05, 4.69) is 50.9 Å². The third kappa shape index (κ3) is 2.50. The number of rotatable bonds is 2. The van der Waals surface area contributed by atoms with Crippen molar-refractivity contribution in [2.45, 2.75) is 33.6 Å². The number of anilines is 1. The van der Waals surface area contributed by atoms with Crippen LogP contribution in [0.25, 0.3) is 11.3 Å². The summed E-state index contributed by atoms with van der Waals surface area (Å²) in [4.78, 5) is 4.66. The molecule has 0 aliphatic carbocycles. The normalized spacial score (nSPS) is 11.1. The van der Waals surface area contributed by atoms with Gasteiger partial charge in [-0.15, -0.1) is 11.3 Å². The monoisotopic (exact) mass is 246 g/mol. The highest BCUT2D eigenvalue weighted by atomic mass is 32.1. The van der Waals surface area contributed by atoms with Gasteiger partial charge in [0, 0.05) is 11.5 Å². The quantitative estimate of drug-likeness (QED) is 0.865. The molecular formula is C14H18N2S. The molecule has 2 nitrogen and oxygen atoms in total. The van der Waals surface area contributed by atoms with Crippen molar-refractivity contribution in [1.82, 2.24) is 4.98 Å². The van der Waals surface area contributed by atoms with Gasteiger partial charge in [0.15, 0.2) is 0 Å². The number of aryl methyl sites for hydroxylation is 2. The predicted octanol–water partition coefficient (Wildman–Crippen LogP) is 4.13. The molecule has 0 fully saturated rings. The van der Waals surface area contributed by atoms with Crippen LogP contribution in [-0.4, -0.2) is 4.98 Å². The maximum atomic E-state index is 6.07. The molecular weight excluding hydrogens is 228 g/mol. The van der Waals surface area contributed by atoms with E-state index in [1.54, 1.807) is 11.3 Å². The van der Waals surface area contributed by atoms with Gasteiger partial charge in [-0.1, -0.05) is 31.0 Å². The van der Waals surface area contributed by atoms with E-state index in [1.165, 1.54) is 11.1 Å². The van der Waals surface area contributed by atoms with Gasteiger partial charge in [-0.25, -0.2) is 4.98 Å². The summed E-state index contributed by atoms with van der Waals surface area (Å²) in [6, 6.07) is 6.44. The van der Waals surface area contributed by atoms with E-state index < -0.39 is 0 Å². The summed E-state index contributed by atoms with van der Waals surface area (Å²) in [7, 11) is 0. The summed E-state index contributed by atoms with van der Waals surface area (Å²) < 4.78 is 0. The highest BCUT2D eigenvalue weighted by Gasteiger charge is 2.13. The Morgan fingerprint density at radius 3 is 2.18 bits per heavy atom. The molecule has 0 radical (unpaired) electrons. The van der Waals surface area contributed by atoms with E-state index in [0.717, 1.165) is 21.3 Å². The molecule has 1 aromatic carbocycles. The van der Waals surface area contributed by atoms with E-state index in [9.17, 15) is 0 Å². The smallest absolute Gasteiger partial charge is 0.114 e. The van der Waals surface area contributed by atoms with Crippen LogP contribution in [0.4, 0.5) is 5.00 Å². The number of hydrogen-bond acceptors (Lipinski definition) is 3. The second-order valence-corrected chi connectivity index (χ2v) is 5.86. The minimum atomic E-state index is 0.432. The standard InChI is InChI=1S/C14H18N2S/c1-8(2)14-16-12(13(15)17-14)11-6-9(3)5-10(4)7-11/h5-8H,15H2,1-4H3. The molecule has 0 atom stereocenters. The number of nitrogens with zero attached hydrogens (tertiary/aromatic N) is 1. The molecule has 3 heteroatoms. The van der Waals surface area contributed by atoms with Gasteiger partial charge in [0.05, 0.1) is 5.01 Å². The summed E-state index contributed by atoms with van der Waals surface area (Å²) >= 11 is 1.60. The van der Waals surface area contributed by atoms with Gasteiger partial charge in [-0.05, 0) is 26.0 Å². The van der Waals surface area contributed by atoms with E-state index in [0.29, 0.717) is 5.92 Å². The number of nitrogen functional groups attached to an aromatic ring is 1. The van der Waals surface area contributed by atoms with E-state index in [-0.39, 0.29) is 0 Å². The van der Waals surface area contributed by atoms with Crippen LogP contribution in [0.2, 0.25) is 0 Å². The summed E-state index contributed by atoms with van der Waals surface area (Å²) in [5.74, 6) is 0.432. The van der Waals surface area contributed by atoms with Gasteiger partial charge < -0.3 is 5.73 Å². The average molecular weight is 246 g/mol. The summed E-state index contributed by atoms with van der Waals surface area (Å²) in [6.07, 6.45) is 0. The molecule has 0 spiro atoms. The van der Waals surface area contributed by atoms with Crippen molar-refractivity contribution in [3.8, 4) is 11.3 Å². The van der Waals surface area contributed by atoms with E-state index in [1.807, 2.05) is 0 Å². The Labute approximate surface area is 107 Å². The molecule has 90 valence electrons. The Bertz CT molecular complexity index is 521. The first kappa shape index (κ1) is 12.1. The number of nitrogens with two attached hydrogens (primary N) is 1. The van der Waals surface area contributed by atoms with Crippen molar-refractivity contribution >= 4 is 16.3 Å². The molecule has 0 aliphatic heterocycles. The van der Waals surface area contributed by atoms with Gasteiger partial charge >= 0.3 is 0 Å². The topological polar surface area (TPSA) is 38.9 Å². The van der Waals surface area contributed by atoms with Crippen molar-refractivity contribution < 1.29 is 0 Å². The lowest BCUT2D eigenvalue weighted by Gasteiger charge is -2.03. The van der Waals surface area contributed by atoms with Gasteiger partial charge in [0.1, 0.15) is 10.7 Å². The molecule has 0 saturated heterocycles. The molecule has 0 saturated carbocycles.